The number of carbonyl (C=O) groups is 1. The number of hydrogen-bond acceptors (Lipinski definition) is 5. The molecule has 0 heterocycles. The van der Waals surface area contributed by atoms with Gasteiger partial charge in [-0.3, -0.25) is 0 Å². The van der Waals surface area contributed by atoms with Gasteiger partial charge in [-0.05, 0) is 51.8 Å². The Kier molecular flexibility index (Phi) is 5.73. The molecule has 0 aliphatic carbocycles. The van der Waals surface area contributed by atoms with E-state index in [0.717, 1.165) is 0 Å². The highest BCUT2D eigenvalue weighted by molar-refractivity contribution is 9.10. The summed E-state index contributed by atoms with van der Waals surface area (Å²) >= 11 is 3.30. The monoisotopic (exact) mass is 382 g/mol. The van der Waals surface area contributed by atoms with Crippen molar-refractivity contribution in [2.24, 2.45) is 0 Å². The normalized spacial score (nSPS) is 9.33. The highest BCUT2D eigenvalue weighted by Crippen LogP contribution is 2.30. The van der Waals surface area contributed by atoms with Gasteiger partial charge in [0.15, 0.2) is 11.5 Å². The number of methoxy groups -OCH3 is 1. The van der Waals surface area contributed by atoms with Crippen molar-refractivity contribution < 1.29 is 14.3 Å². The lowest BCUT2D eigenvalue weighted by Gasteiger charge is -2.10. The highest BCUT2D eigenvalue weighted by atomic mass is 79.9. The van der Waals surface area contributed by atoms with Gasteiger partial charge in [0, 0.05) is 4.47 Å². The van der Waals surface area contributed by atoms with E-state index in [-0.39, 0.29) is 11.3 Å². The number of nitriles is 2. The largest absolute Gasteiger partial charge is 0.493 e. The summed E-state index contributed by atoms with van der Waals surface area (Å²) < 4.78 is 11.2. The van der Waals surface area contributed by atoms with Crippen molar-refractivity contribution in [1.82, 2.24) is 0 Å². The van der Waals surface area contributed by atoms with Crippen molar-refractivity contribution in [3.05, 3.63) is 63.6 Å². The third kappa shape index (κ3) is 4.01. The van der Waals surface area contributed by atoms with Crippen LogP contribution in [0.1, 0.15) is 15.9 Å². The predicted octanol–water partition coefficient (Wildman–Crippen LogP) is 4.11. The molecule has 2 rings (SSSR count). The zero-order valence-electron chi connectivity index (χ0n) is 12.6. The van der Waals surface area contributed by atoms with E-state index in [2.05, 4.69) is 15.9 Å². The smallest absolute Gasteiger partial charge is 0.344 e. The van der Waals surface area contributed by atoms with Crippen LogP contribution in [0.25, 0.3) is 6.08 Å². The zero-order chi connectivity index (χ0) is 17.5. The molecule has 2 aromatic carbocycles. The minimum absolute atomic E-state index is 0.0324. The second-order valence-electron chi connectivity index (χ2n) is 4.56. The van der Waals surface area contributed by atoms with Crippen molar-refractivity contribution in [3.8, 4) is 23.6 Å². The molecule has 0 aromatic heterocycles. The van der Waals surface area contributed by atoms with Gasteiger partial charge < -0.3 is 9.47 Å². The van der Waals surface area contributed by atoms with Crippen LogP contribution in [0.5, 0.6) is 11.5 Å². The van der Waals surface area contributed by atoms with Crippen LogP contribution in [0.2, 0.25) is 0 Å². The first-order chi connectivity index (χ1) is 11.6. The first kappa shape index (κ1) is 17.3. The van der Waals surface area contributed by atoms with Gasteiger partial charge in [0.2, 0.25) is 0 Å². The SMILES string of the molecule is COc1cc(C=C(C#N)C#N)ccc1OC(=O)c1ccccc1Br. The maximum absolute atomic E-state index is 12.3. The predicted molar refractivity (Wildman–Crippen MR) is 91.3 cm³/mol. The van der Waals surface area contributed by atoms with Crippen molar-refractivity contribution in [3.63, 3.8) is 0 Å². The van der Waals surface area contributed by atoms with Crippen molar-refractivity contribution in [1.29, 1.82) is 10.5 Å². The first-order valence-electron chi connectivity index (χ1n) is 6.75. The van der Waals surface area contributed by atoms with E-state index in [1.54, 1.807) is 54.6 Å². The summed E-state index contributed by atoms with van der Waals surface area (Å²) in [4.78, 5) is 12.3. The van der Waals surface area contributed by atoms with Gasteiger partial charge in [-0.15, -0.1) is 0 Å². The van der Waals surface area contributed by atoms with E-state index in [1.165, 1.54) is 13.2 Å². The summed E-state index contributed by atoms with van der Waals surface area (Å²) in [6.07, 6.45) is 1.42. The fourth-order valence-corrected chi connectivity index (χ4v) is 2.34. The molecule has 0 amide bonds. The quantitative estimate of drug-likeness (QED) is 0.451. The Balaban J connectivity index is 2.31. The van der Waals surface area contributed by atoms with Gasteiger partial charge in [-0.25, -0.2) is 4.79 Å². The van der Waals surface area contributed by atoms with E-state index >= 15 is 0 Å². The average Bonchev–Trinajstić information content (AvgIpc) is 2.60. The number of nitrogens with zero attached hydrogens (tertiary/aromatic N) is 2. The molecular weight excluding hydrogens is 372 g/mol. The second-order valence-corrected chi connectivity index (χ2v) is 5.42. The summed E-state index contributed by atoms with van der Waals surface area (Å²) in [6, 6.07) is 15.2. The number of carbonyl (C=O) groups excluding carboxylic acids is 1. The van der Waals surface area contributed by atoms with E-state index in [9.17, 15) is 4.79 Å². The number of benzene rings is 2. The Labute approximate surface area is 147 Å². The summed E-state index contributed by atoms with van der Waals surface area (Å²) in [5, 5.41) is 17.6. The van der Waals surface area contributed by atoms with Gasteiger partial charge in [0.05, 0.1) is 12.7 Å². The van der Waals surface area contributed by atoms with Gasteiger partial charge >= 0.3 is 5.97 Å². The number of allylic oxidation sites excluding steroid dienone is 1. The van der Waals surface area contributed by atoms with E-state index < -0.39 is 5.97 Å². The number of esters is 1. The molecule has 0 aliphatic heterocycles. The maximum atomic E-state index is 12.3. The first-order valence-corrected chi connectivity index (χ1v) is 7.55. The summed E-state index contributed by atoms with van der Waals surface area (Å²) in [7, 11) is 1.44. The van der Waals surface area contributed by atoms with E-state index in [0.29, 0.717) is 21.3 Å². The maximum Gasteiger partial charge on any atom is 0.344 e. The number of ether oxygens (including phenoxy) is 2. The standard InChI is InChI=1S/C18H11BrN2O3/c1-23-17-9-12(8-13(10-20)11-21)6-7-16(17)24-18(22)14-4-2-3-5-15(14)19/h2-9H,1H3. The molecule has 0 saturated carbocycles. The lowest BCUT2D eigenvalue weighted by molar-refractivity contribution is 0.0729. The molecular formula is C18H11BrN2O3. The second kappa shape index (κ2) is 7.96. The molecule has 0 atom stereocenters. The molecule has 0 radical (unpaired) electrons. The third-order valence-electron chi connectivity index (χ3n) is 3.04. The Morgan fingerprint density at radius 1 is 1.12 bits per heavy atom. The lowest BCUT2D eigenvalue weighted by Crippen LogP contribution is -2.10. The lowest BCUT2D eigenvalue weighted by atomic mass is 10.1. The zero-order valence-corrected chi connectivity index (χ0v) is 14.2. The Morgan fingerprint density at radius 3 is 2.46 bits per heavy atom. The number of hydrogen-bond donors (Lipinski definition) is 0. The van der Waals surface area contributed by atoms with Gasteiger partial charge in [0.25, 0.3) is 0 Å². The molecule has 0 aliphatic rings. The topological polar surface area (TPSA) is 83.1 Å². The molecule has 0 N–H and O–H groups in total. The molecule has 5 nitrogen and oxygen atoms in total. The summed E-state index contributed by atoms with van der Waals surface area (Å²) in [5.41, 5.74) is 0.945. The van der Waals surface area contributed by atoms with Crippen molar-refractivity contribution in [2.75, 3.05) is 7.11 Å². The molecule has 118 valence electrons. The van der Waals surface area contributed by atoms with Crippen LogP contribution in [-0.2, 0) is 0 Å². The Bertz CT molecular complexity index is 876. The molecule has 6 heteroatoms. The van der Waals surface area contributed by atoms with Crippen molar-refractivity contribution in [2.45, 2.75) is 0 Å². The third-order valence-corrected chi connectivity index (χ3v) is 3.73. The van der Waals surface area contributed by atoms with Crippen LogP contribution in [0.3, 0.4) is 0 Å². The molecule has 0 unspecified atom stereocenters. The molecule has 0 saturated heterocycles. The van der Waals surface area contributed by atoms with Crippen LogP contribution in [-0.4, -0.2) is 13.1 Å². The minimum atomic E-state index is -0.529. The van der Waals surface area contributed by atoms with Crippen LogP contribution < -0.4 is 9.47 Å². The minimum Gasteiger partial charge on any atom is -0.493 e. The molecule has 24 heavy (non-hydrogen) atoms. The Morgan fingerprint density at radius 2 is 1.83 bits per heavy atom. The fourth-order valence-electron chi connectivity index (χ4n) is 1.90. The number of rotatable bonds is 4. The van der Waals surface area contributed by atoms with E-state index in [4.69, 9.17) is 20.0 Å². The highest BCUT2D eigenvalue weighted by Gasteiger charge is 2.15. The van der Waals surface area contributed by atoms with Gasteiger partial charge in [0.1, 0.15) is 17.7 Å². The average molecular weight is 383 g/mol. The molecule has 2 aromatic rings. The number of halogens is 1. The van der Waals surface area contributed by atoms with Crippen LogP contribution in [0.15, 0.2) is 52.5 Å². The van der Waals surface area contributed by atoms with Gasteiger partial charge in [-0.2, -0.15) is 10.5 Å². The van der Waals surface area contributed by atoms with Gasteiger partial charge in [-0.1, -0.05) is 18.2 Å². The van der Waals surface area contributed by atoms with Crippen molar-refractivity contribution >= 4 is 28.0 Å². The van der Waals surface area contributed by atoms with Crippen LogP contribution in [0, 0.1) is 22.7 Å². The van der Waals surface area contributed by atoms with E-state index in [1.807, 2.05) is 0 Å². The summed E-state index contributed by atoms with van der Waals surface area (Å²) in [6.45, 7) is 0. The summed E-state index contributed by atoms with van der Waals surface area (Å²) in [5.74, 6) is 0.0315. The van der Waals surface area contributed by atoms with Crippen LogP contribution >= 0.6 is 15.9 Å². The Hall–Kier alpha value is -3.09. The molecule has 0 bridgehead atoms. The van der Waals surface area contributed by atoms with Crippen LogP contribution in [0.4, 0.5) is 0 Å². The molecule has 0 fully saturated rings. The molecule has 0 spiro atoms. The fraction of sp³-hybridized carbons (Fsp3) is 0.0556.